The number of nitrogens with zero attached hydrogens (tertiary/aromatic N) is 3. The summed E-state index contributed by atoms with van der Waals surface area (Å²) in [4.78, 5) is 8.62. The molecule has 0 spiro atoms. The lowest BCUT2D eigenvalue weighted by Gasteiger charge is -2.10. The first-order chi connectivity index (χ1) is 10.7. The first-order valence-corrected chi connectivity index (χ1v) is 7.07. The van der Waals surface area contributed by atoms with Crippen LogP contribution in [0.5, 0.6) is 5.75 Å². The smallest absolute Gasteiger partial charge is 0.215 e. The Labute approximate surface area is 129 Å². The number of benzene rings is 1. The van der Waals surface area contributed by atoms with Crippen LogP contribution < -0.4 is 4.74 Å². The highest BCUT2D eigenvalue weighted by atomic mass is 16.5. The normalized spacial score (nSPS) is 17.4. The van der Waals surface area contributed by atoms with E-state index in [9.17, 15) is 0 Å². The van der Waals surface area contributed by atoms with Crippen molar-refractivity contribution >= 4 is 17.0 Å². The van der Waals surface area contributed by atoms with Crippen LogP contribution in [0.25, 0.3) is 10.8 Å². The van der Waals surface area contributed by atoms with Crippen molar-refractivity contribution in [3.8, 4) is 11.8 Å². The topological polar surface area (TPSA) is 58.3 Å². The van der Waals surface area contributed by atoms with Gasteiger partial charge in [0.05, 0.1) is 11.8 Å². The minimum atomic E-state index is 0.0804. The van der Waals surface area contributed by atoms with Gasteiger partial charge in [-0.1, -0.05) is 37.3 Å². The SMILES string of the molecule is Cc1ncc(OC2=CC(C)C=C(C#N)C=N2)c2ccccc12. The Bertz CT molecular complexity index is 856. The zero-order valence-electron chi connectivity index (χ0n) is 12.4. The number of hydrogen-bond acceptors (Lipinski definition) is 4. The fourth-order valence-electron chi connectivity index (χ4n) is 2.40. The lowest BCUT2D eigenvalue weighted by atomic mass is 10.1. The maximum atomic E-state index is 9.00. The molecule has 0 fully saturated rings. The summed E-state index contributed by atoms with van der Waals surface area (Å²) in [5.74, 6) is 1.22. The van der Waals surface area contributed by atoms with Crippen molar-refractivity contribution in [1.29, 1.82) is 5.26 Å². The number of aryl methyl sites for hydroxylation is 1. The Morgan fingerprint density at radius 1 is 1.18 bits per heavy atom. The third-order valence-electron chi connectivity index (χ3n) is 3.48. The highest BCUT2D eigenvalue weighted by Gasteiger charge is 2.10. The summed E-state index contributed by atoms with van der Waals surface area (Å²) in [6.45, 7) is 3.96. The van der Waals surface area contributed by atoms with Crippen molar-refractivity contribution in [1.82, 2.24) is 4.98 Å². The van der Waals surface area contributed by atoms with E-state index in [-0.39, 0.29) is 5.92 Å². The Morgan fingerprint density at radius 3 is 2.73 bits per heavy atom. The van der Waals surface area contributed by atoms with Crippen molar-refractivity contribution < 1.29 is 4.74 Å². The third kappa shape index (κ3) is 2.75. The minimum absolute atomic E-state index is 0.0804. The molecule has 2 aromatic rings. The molecule has 1 aliphatic heterocycles. The molecule has 0 aliphatic carbocycles. The number of aliphatic imine (C=N–C) groups is 1. The van der Waals surface area contributed by atoms with E-state index in [1.807, 2.05) is 50.3 Å². The predicted molar refractivity (Wildman–Crippen MR) is 86.5 cm³/mol. The molecule has 0 radical (unpaired) electrons. The van der Waals surface area contributed by atoms with Gasteiger partial charge >= 0.3 is 0 Å². The summed E-state index contributed by atoms with van der Waals surface area (Å²) < 4.78 is 5.92. The Kier molecular flexibility index (Phi) is 3.71. The van der Waals surface area contributed by atoms with E-state index < -0.39 is 0 Å². The van der Waals surface area contributed by atoms with Crippen LogP contribution >= 0.6 is 0 Å². The molecule has 1 aromatic carbocycles. The molecule has 22 heavy (non-hydrogen) atoms. The zero-order valence-corrected chi connectivity index (χ0v) is 12.4. The number of rotatable bonds is 2. The van der Waals surface area contributed by atoms with Gasteiger partial charge in [0, 0.05) is 22.7 Å². The van der Waals surface area contributed by atoms with Gasteiger partial charge < -0.3 is 4.74 Å². The number of hydrogen-bond donors (Lipinski definition) is 0. The van der Waals surface area contributed by atoms with Crippen molar-refractivity contribution in [3.05, 3.63) is 59.8 Å². The molecule has 1 unspecified atom stereocenters. The van der Waals surface area contributed by atoms with Gasteiger partial charge in [-0.2, -0.15) is 5.26 Å². The number of aromatic nitrogens is 1. The van der Waals surface area contributed by atoms with E-state index in [1.165, 1.54) is 6.21 Å². The summed E-state index contributed by atoms with van der Waals surface area (Å²) in [6.07, 6.45) is 6.97. The first kappa shape index (κ1) is 14.0. The number of pyridine rings is 1. The fraction of sp³-hybridized carbons (Fsp3) is 0.167. The highest BCUT2D eigenvalue weighted by molar-refractivity contribution is 5.89. The van der Waals surface area contributed by atoms with Crippen molar-refractivity contribution in [2.75, 3.05) is 0 Å². The van der Waals surface area contributed by atoms with Crippen molar-refractivity contribution in [3.63, 3.8) is 0 Å². The maximum Gasteiger partial charge on any atom is 0.215 e. The molecule has 0 saturated heterocycles. The third-order valence-corrected chi connectivity index (χ3v) is 3.48. The van der Waals surface area contributed by atoms with Crippen molar-refractivity contribution in [2.24, 2.45) is 10.9 Å². The molecule has 1 atom stereocenters. The molecule has 0 bridgehead atoms. The summed E-state index contributed by atoms with van der Waals surface area (Å²) >= 11 is 0. The molecule has 2 heterocycles. The van der Waals surface area contributed by atoms with Gasteiger partial charge in [-0.05, 0) is 18.9 Å². The second kappa shape index (κ2) is 5.82. The maximum absolute atomic E-state index is 9.00. The quantitative estimate of drug-likeness (QED) is 0.841. The number of allylic oxidation sites excluding steroid dienone is 3. The Morgan fingerprint density at radius 2 is 1.95 bits per heavy atom. The molecule has 0 amide bonds. The minimum Gasteiger partial charge on any atom is -0.437 e. The summed E-state index contributed by atoms with van der Waals surface area (Å²) in [6, 6.07) is 10.1. The van der Waals surface area contributed by atoms with Crippen LogP contribution in [0.4, 0.5) is 0 Å². The van der Waals surface area contributed by atoms with Crippen LogP contribution in [0.3, 0.4) is 0 Å². The van der Waals surface area contributed by atoms with Crippen LogP contribution in [-0.4, -0.2) is 11.2 Å². The number of nitriles is 1. The first-order valence-electron chi connectivity index (χ1n) is 7.07. The molecule has 4 nitrogen and oxygen atoms in total. The molecular weight excluding hydrogens is 274 g/mol. The van der Waals surface area contributed by atoms with Gasteiger partial charge in [-0.3, -0.25) is 4.98 Å². The average molecular weight is 289 g/mol. The summed E-state index contributed by atoms with van der Waals surface area (Å²) in [5.41, 5.74) is 1.50. The molecule has 3 rings (SSSR count). The molecule has 108 valence electrons. The lowest BCUT2D eigenvalue weighted by molar-refractivity contribution is 0.420. The Balaban J connectivity index is 1.98. The monoisotopic (exact) mass is 289 g/mol. The molecular formula is C18H15N3O. The fourth-order valence-corrected chi connectivity index (χ4v) is 2.40. The van der Waals surface area contributed by atoms with Crippen LogP contribution in [0.15, 0.2) is 59.1 Å². The summed E-state index contributed by atoms with van der Waals surface area (Å²) in [7, 11) is 0. The average Bonchev–Trinajstić information content (AvgIpc) is 2.71. The van der Waals surface area contributed by atoms with Gasteiger partial charge in [-0.15, -0.1) is 0 Å². The standard InChI is InChI=1S/C18H15N3O/c1-12-7-14(9-19)10-21-18(8-12)22-17-11-20-13(2)15-5-3-4-6-16(15)17/h3-8,10-12H,1-2H3. The predicted octanol–water partition coefficient (Wildman–Crippen LogP) is 3.93. The second-order valence-electron chi connectivity index (χ2n) is 5.21. The van der Waals surface area contributed by atoms with Gasteiger partial charge in [0.25, 0.3) is 0 Å². The second-order valence-corrected chi connectivity index (χ2v) is 5.21. The van der Waals surface area contributed by atoms with Crippen LogP contribution in [0, 0.1) is 24.2 Å². The van der Waals surface area contributed by atoms with Gasteiger partial charge in [0.2, 0.25) is 5.88 Å². The van der Waals surface area contributed by atoms with Crippen LogP contribution in [0.1, 0.15) is 12.6 Å². The molecule has 4 heteroatoms. The van der Waals surface area contributed by atoms with Crippen LogP contribution in [0.2, 0.25) is 0 Å². The molecule has 1 aromatic heterocycles. The molecule has 0 N–H and O–H groups in total. The van der Waals surface area contributed by atoms with E-state index in [4.69, 9.17) is 10.00 Å². The molecule has 0 saturated carbocycles. The number of ether oxygens (including phenoxy) is 1. The van der Waals surface area contributed by atoms with Gasteiger partial charge in [-0.25, -0.2) is 4.99 Å². The molecule has 1 aliphatic rings. The Hall–Kier alpha value is -2.93. The van der Waals surface area contributed by atoms with E-state index in [0.717, 1.165) is 16.5 Å². The highest BCUT2D eigenvalue weighted by Crippen LogP contribution is 2.28. The van der Waals surface area contributed by atoms with Crippen LogP contribution in [-0.2, 0) is 0 Å². The zero-order chi connectivity index (χ0) is 15.5. The summed E-state index contributed by atoms with van der Waals surface area (Å²) in [5, 5.41) is 11.1. The van der Waals surface area contributed by atoms with E-state index in [1.54, 1.807) is 6.20 Å². The number of fused-ring (bicyclic) bond motifs is 1. The van der Waals surface area contributed by atoms with E-state index >= 15 is 0 Å². The largest absolute Gasteiger partial charge is 0.437 e. The van der Waals surface area contributed by atoms with E-state index in [2.05, 4.69) is 16.0 Å². The van der Waals surface area contributed by atoms with Gasteiger partial charge in [0.15, 0.2) is 5.75 Å². The lowest BCUT2D eigenvalue weighted by Crippen LogP contribution is -1.97. The van der Waals surface area contributed by atoms with E-state index in [0.29, 0.717) is 17.2 Å². The van der Waals surface area contributed by atoms with Crippen molar-refractivity contribution in [2.45, 2.75) is 13.8 Å². The van der Waals surface area contributed by atoms with Gasteiger partial charge in [0.1, 0.15) is 6.07 Å².